The van der Waals surface area contributed by atoms with Crippen molar-refractivity contribution in [1.29, 1.82) is 5.26 Å². The van der Waals surface area contributed by atoms with E-state index in [1.54, 1.807) is 12.3 Å². The van der Waals surface area contributed by atoms with Gasteiger partial charge < -0.3 is 35.1 Å². The number of aliphatic hydroxyl groups excluding tert-OH is 2. The molecule has 0 bridgehead atoms. The van der Waals surface area contributed by atoms with E-state index in [0.717, 1.165) is 81.5 Å². The first-order chi connectivity index (χ1) is 26.8. The summed E-state index contributed by atoms with van der Waals surface area (Å²) in [5.41, 5.74) is 9.86. The predicted molar refractivity (Wildman–Crippen MR) is 216 cm³/mol. The zero-order chi connectivity index (χ0) is 38.6. The van der Waals surface area contributed by atoms with Crippen molar-refractivity contribution in [2.45, 2.75) is 71.4 Å². The standard InChI is InChI=1S/C45H49ClN4O5/c1-30-35(9-6-12-39(30)40-13-7-11-38(31(40)2)34-8-5-10-37(21-34)53-19-17-48-16-18-51)29-55-45-23-44(54-28-33-20-32(24-47)25-49-26-33)36(22-41(45)46)27-50-42-14-3-4-15-43(42)52/h5-13,20-23,25-26,42-43,48,50-52H,3-4,14-19,27-29H2,1-2H3/t42-,43-/m0/s1. The SMILES string of the molecule is Cc1c(COc2cc(OCc3cncc(C#N)c3)c(CN[C@H]3CCCC[C@@H]3O)cc2Cl)cccc1-c1cccc(-c2cccc(OCCNCCO)c2)c1C. The molecular weight excluding hydrogens is 712 g/mol. The molecule has 1 heterocycles. The van der Waals surface area contributed by atoms with Gasteiger partial charge in [-0.3, -0.25) is 4.98 Å². The predicted octanol–water partition coefficient (Wildman–Crippen LogP) is 8.07. The highest BCUT2D eigenvalue weighted by Crippen LogP contribution is 2.37. The zero-order valence-corrected chi connectivity index (χ0v) is 32.2. The van der Waals surface area contributed by atoms with Crippen molar-refractivity contribution in [3.63, 3.8) is 0 Å². The molecule has 4 aromatic carbocycles. The number of aromatic nitrogens is 1. The summed E-state index contributed by atoms with van der Waals surface area (Å²) in [6.45, 7) is 7.06. The molecule has 1 aliphatic carbocycles. The average Bonchev–Trinajstić information content (AvgIpc) is 3.20. The van der Waals surface area contributed by atoms with Crippen LogP contribution in [0.4, 0.5) is 0 Å². The lowest BCUT2D eigenvalue weighted by molar-refractivity contribution is 0.0901. The van der Waals surface area contributed by atoms with E-state index in [9.17, 15) is 10.4 Å². The van der Waals surface area contributed by atoms with Gasteiger partial charge in [-0.2, -0.15) is 5.26 Å². The summed E-state index contributed by atoms with van der Waals surface area (Å²) in [5.74, 6) is 1.90. The zero-order valence-electron chi connectivity index (χ0n) is 31.5. The van der Waals surface area contributed by atoms with Gasteiger partial charge in [-0.25, -0.2) is 0 Å². The van der Waals surface area contributed by atoms with Crippen molar-refractivity contribution in [2.24, 2.45) is 0 Å². The van der Waals surface area contributed by atoms with E-state index in [4.69, 9.17) is 30.9 Å². The van der Waals surface area contributed by atoms with Crippen LogP contribution in [0.25, 0.3) is 22.3 Å². The molecule has 0 radical (unpaired) electrons. The lowest BCUT2D eigenvalue weighted by Crippen LogP contribution is -2.41. The van der Waals surface area contributed by atoms with E-state index in [1.165, 1.54) is 6.20 Å². The highest BCUT2D eigenvalue weighted by molar-refractivity contribution is 6.32. The summed E-state index contributed by atoms with van der Waals surface area (Å²) in [5, 5.41) is 36.0. The normalized spacial score (nSPS) is 15.3. The van der Waals surface area contributed by atoms with E-state index in [2.05, 4.69) is 84.1 Å². The van der Waals surface area contributed by atoms with E-state index in [1.807, 2.05) is 24.3 Å². The quantitative estimate of drug-likeness (QED) is 0.0696. The van der Waals surface area contributed by atoms with Crippen LogP contribution in [0.5, 0.6) is 17.2 Å². The molecule has 0 saturated heterocycles. The first kappa shape index (κ1) is 39.7. The molecule has 9 nitrogen and oxygen atoms in total. The van der Waals surface area contributed by atoms with Crippen LogP contribution in [0, 0.1) is 25.2 Å². The molecule has 1 saturated carbocycles. The summed E-state index contributed by atoms with van der Waals surface area (Å²) in [6.07, 6.45) is 6.64. The second kappa shape index (κ2) is 19.6. The maximum atomic E-state index is 10.6. The van der Waals surface area contributed by atoms with E-state index < -0.39 is 0 Å². The third-order valence-corrected chi connectivity index (χ3v) is 10.4. The Hall–Kier alpha value is -4.95. The second-order valence-corrected chi connectivity index (χ2v) is 14.3. The molecule has 286 valence electrons. The summed E-state index contributed by atoms with van der Waals surface area (Å²) >= 11 is 6.87. The molecule has 55 heavy (non-hydrogen) atoms. The Morgan fingerprint density at radius 3 is 2.40 bits per heavy atom. The number of hydrogen-bond donors (Lipinski definition) is 4. The fourth-order valence-corrected chi connectivity index (χ4v) is 7.30. The number of aliphatic hydroxyl groups is 2. The summed E-state index contributed by atoms with van der Waals surface area (Å²) in [7, 11) is 0. The van der Waals surface area contributed by atoms with Crippen molar-refractivity contribution in [1.82, 2.24) is 15.6 Å². The Morgan fingerprint density at radius 1 is 0.818 bits per heavy atom. The Labute approximate surface area is 328 Å². The van der Waals surface area contributed by atoms with Crippen molar-refractivity contribution in [3.05, 3.63) is 130 Å². The fourth-order valence-electron chi connectivity index (χ4n) is 7.06. The molecule has 4 N–H and O–H groups in total. The molecule has 6 rings (SSSR count). The minimum absolute atomic E-state index is 0.00235. The highest BCUT2D eigenvalue weighted by Gasteiger charge is 2.23. The van der Waals surface area contributed by atoms with Crippen LogP contribution in [0.2, 0.25) is 5.02 Å². The van der Waals surface area contributed by atoms with Gasteiger partial charge in [0.1, 0.15) is 43.1 Å². The molecule has 1 fully saturated rings. The van der Waals surface area contributed by atoms with Gasteiger partial charge in [0, 0.05) is 55.3 Å². The number of halogens is 1. The highest BCUT2D eigenvalue weighted by atomic mass is 35.5. The molecule has 0 aliphatic heterocycles. The Morgan fingerprint density at radius 2 is 1.58 bits per heavy atom. The molecule has 0 amide bonds. The minimum Gasteiger partial charge on any atom is -0.492 e. The molecule has 0 unspecified atom stereocenters. The third kappa shape index (κ3) is 10.4. The lowest BCUT2D eigenvalue weighted by atomic mass is 9.89. The Bertz CT molecular complexity index is 2100. The Balaban J connectivity index is 1.20. The number of nitrogens with zero attached hydrogens (tertiary/aromatic N) is 2. The van der Waals surface area contributed by atoms with E-state index in [0.29, 0.717) is 54.9 Å². The third-order valence-electron chi connectivity index (χ3n) is 10.2. The number of pyridine rings is 1. The van der Waals surface area contributed by atoms with Gasteiger partial charge in [0.2, 0.25) is 0 Å². The van der Waals surface area contributed by atoms with Gasteiger partial charge in [-0.1, -0.05) is 73.0 Å². The average molecular weight is 761 g/mol. The maximum Gasteiger partial charge on any atom is 0.142 e. The van der Waals surface area contributed by atoms with E-state index >= 15 is 0 Å². The summed E-state index contributed by atoms with van der Waals surface area (Å²) < 4.78 is 18.7. The molecule has 10 heteroatoms. The van der Waals surface area contributed by atoms with Crippen LogP contribution >= 0.6 is 11.6 Å². The van der Waals surface area contributed by atoms with Crippen LogP contribution in [0.1, 0.15) is 59.1 Å². The maximum absolute atomic E-state index is 10.6. The number of nitriles is 1. The van der Waals surface area contributed by atoms with Gasteiger partial charge in [-0.15, -0.1) is 0 Å². The van der Waals surface area contributed by atoms with Gasteiger partial charge >= 0.3 is 0 Å². The van der Waals surface area contributed by atoms with Crippen LogP contribution in [-0.2, 0) is 19.8 Å². The largest absolute Gasteiger partial charge is 0.492 e. The van der Waals surface area contributed by atoms with E-state index in [-0.39, 0.29) is 25.4 Å². The molecule has 2 atom stereocenters. The van der Waals surface area contributed by atoms with Crippen molar-refractivity contribution in [3.8, 4) is 45.6 Å². The molecular formula is C45H49ClN4O5. The first-order valence-corrected chi connectivity index (χ1v) is 19.3. The topological polar surface area (TPSA) is 129 Å². The second-order valence-electron chi connectivity index (χ2n) is 13.9. The Kier molecular flexibility index (Phi) is 14.1. The molecule has 5 aromatic rings. The monoisotopic (exact) mass is 760 g/mol. The van der Waals surface area contributed by atoms with Crippen LogP contribution in [-0.4, -0.2) is 53.6 Å². The van der Waals surface area contributed by atoms with Gasteiger partial charge in [0.05, 0.1) is 23.3 Å². The van der Waals surface area contributed by atoms with Crippen molar-refractivity contribution in [2.75, 3.05) is 26.3 Å². The van der Waals surface area contributed by atoms with Crippen LogP contribution in [0.15, 0.2) is 91.3 Å². The van der Waals surface area contributed by atoms with Gasteiger partial charge in [-0.05, 0) is 89.9 Å². The molecule has 1 aliphatic rings. The number of ether oxygens (including phenoxy) is 3. The molecule has 1 aromatic heterocycles. The summed E-state index contributed by atoms with van der Waals surface area (Å²) in [4.78, 5) is 4.17. The number of hydrogen-bond acceptors (Lipinski definition) is 9. The smallest absolute Gasteiger partial charge is 0.142 e. The van der Waals surface area contributed by atoms with Crippen LogP contribution in [0.3, 0.4) is 0 Å². The lowest BCUT2D eigenvalue weighted by Gasteiger charge is -2.29. The number of rotatable bonds is 17. The number of nitrogens with one attached hydrogen (secondary N) is 2. The van der Waals surface area contributed by atoms with Crippen molar-refractivity contribution < 1.29 is 24.4 Å². The fraction of sp³-hybridized carbons (Fsp3) is 0.333. The minimum atomic E-state index is -0.386. The van der Waals surface area contributed by atoms with Gasteiger partial charge in [0.25, 0.3) is 0 Å². The van der Waals surface area contributed by atoms with Crippen LogP contribution < -0.4 is 24.8 Å². The first-order valence-electron chi connectivity index (χ1n) is 18.9. The van der Waals surface area contributed by atoms with Crippen molar-refractivity contribution >= 4 is 11.6 Å². The summed E-state index contributed by atoms with van der Waals surface area (Å²) in [6, 6.07) is 28.4. The molecule has 0 spiro atoms. The number of benzene rings is 4. The van der Waals surface area contributed by atoms with Gasteiger partial charge in [0.15, 0.2) is 0 Å².